The Kier molecular flexibility index (Phi) is 5.60. The fourth-order valence-corrected chi connectivity index (χ4v) is 4.75. The zero-order valence-corrected chi connectivity index (χ0v) is 18.7. The van der Waals surface area contributed by atoms with Crippen LogP contribution < -0.4 is 0 Å². The van der Waals surface area contributed by atoms with Gasteiger partial charge in [0.15, 0.2) is 0 Å². The molecule has 0 heteroatoms. The lowest BCUT2D eigenvalue weighted by atomic mass is 9.77. The molecule has 0 aromatic heterocycles. The Morgan fingerprint density at radius 3 is 1.72 bits per heavy atom. The van der Waals surface area contributed by atoms with Crippen molar-refractivity contribution >= 4 is 10.8 Å². The normalized spacial score (nSPS) is 13.1. The van der Waals surface area contributed by atoms with E-state index in [0.717, 1.165) is 0 Å². The van der Waals surface area contributed by atoms with E-state index < -0.39 is 0 Å². The van der Waals surface area contributed by atoms with Crippen LogP contribution in [0.1, 0.15) is 41.0 Å². The minimum atomic E-state index is 0.297. The lowest BCUT2D eigenvalue weighted by molar-refractivity contribution is 0.658. The summed E-state index contributed by atoms with van der Waals surface area (Å²) >= 11 is 0. The highest BCUT2D eigenvalue weighted by Crippen LogP contribution is 2.39. The van der Waals surface area contributed by atoms with Gasteiger partial charge in [-0.1, -0.05) is 134 Å². The molecule has 0 nitrogen and oxygen atoms in total. The van der Waals surface area contributed by atoms with Crippen molar-refractivity contribution in [3.05, 3.63) is 144 Å². The number of benzene rings is 5. The van der Waals surface area contributed by atoms with Gasteiger partial charge in [0.05, 0.1) is 0 Å². The average molecular weight is 413 g/mol. The second-order valence-corrected chi connectivity index (χ2v) is 8.77. The van der Waals surface area contributed by atoms with E-state index >= 15 is 0 Å². The largest absolute Gasteiger partial charge is 0.0622 e. The summed E-state index contributed by atoms with van der Waals surface area (Å²) in [7, 11) is 0. The summed E-state index contributed by atoms with van der Waals surface area (Å²) < 4.78 is 0. The Balaban J connectivity index is 1.53. The van der Waals surface area contributed by atoms with E-state index in [1.807, 2.05) is 0 Å². The molecule has 156 valence electrons. The topological polar surface area (TPSA) is 0 Å². The van der Waals surface area contributed by atoms with E-state index in [4.69, 9.17) is 0 Å². The van der Waals surface area contributed by atoms with E-state index in [9.17, 15) is 0 Å². The smallest absolute Gasteiger partial charge is 0.0156 e. The SMILES string of the molecule is Cc1ccc(-c2ccc(C(C)C(c3ccccc3)c3ccc4ccccc4c3)cc2)cc1. The molecule has 0 bridgehead atoms. The van der Waals surface area contributed by atoms with E-state index in [1.165, 1.54) is 44.2 Å². The molecule has 0 N–H and O–H groups in total. The third kappa shape index (κ3) is 4.09. The standard InChI is InChI=1S/C32H28/c1-23-12-14-27(15-13-23)28-18-16-25(17-19-28)24(2)32(29-9-4-3-5-10-29)31-21-20-26-8-6-7-11-30(26)22-31/h3-22,24,32H,1-2H3. The van der Waals surface area contributed by atoms with Gasteiger partial charge in [-0.2, -0.15) is 0 Å². The number of fused-ring (bicyclic) bond motifs is 1. The van der Waals surface area contributed by atoms with Gasteiger partial charge in [-0.05, 0) is 51.4 Å². The van der Waals surface area contributed by atoms with Crippen molar-refractivity contribution in [1.82, 2.24) is 0 Å². The van der Waals surface area contributed by atoms with Crippen LogP contribution in [0.2, 0.25) is 0 Å². The minimum Gasteiger partial charge on any atom is -0.0622 e. The van der Waals surface area contributed by atoms with E-state index in [-0.39, 0.29) is 0 Å². The summed E-state index contributed by atoms with van der Waals surface area (Å²) in [6, 6.07) is 44.4. The van der Waals surface area contributed by atoms with Gasteiger partial charge in [0, 0.05) is 5.92 Å². The highest BCUT2D eigenvalue weighted by Gasteiger charge is 2.23. The first-order valence-corrected chi connectivity index (χ1v) is 11.4. The molecule has 0 fully saturated rings. The predicted octanol–water partition coefficient (Wildman–Crippen LogP) is 8.75. The molecule has 5 aromatic rings. The van der Waals surface area contributed by atoms with Crippen LogP contribution in [-0.2, 0) is 0 Å². The van der Waals surface area contributed by atoms with Gasteiger partial charge in [-0.25, -0.2) is 0 Å². The molecule has 5 aromatic carbocycles. The summed E-state index contributed by atoms with van der Waals surface area (Å²) in [5.74, 6) is 0.650. The monoisotopic (exact) mass is 412 g/mol. The molecular weight excluding hydrogens is 384 g/mol. The third-order valence-electron chi connectivity index (χ3n) is 6.61. The molecule has 5 rings (SSSR count). The quantitative estimate of drug-likeness (QED) is 0.271. The number of hydrogen-bond donors (Lipinski definition) is 0. The molecule has 0 aliphatic carbocycles. The zero-order chi connectivity index (χ0) is 21.9. The molecule has 32 heavy (non-hydrogen) atoms. The van der Waals surface area contributed by atoms with Crippen LogP contribution in [0.4, 0.5) is 0 Å². The highest BCUT2D eigenvalue weighted by atomic mass is 14.3. The summed E-state index contributed by atoms with van der Waals surface area (Å²) in [5, 5.41) is 2.59. The van der Waals surface area contributed by atoms with Crippen LogP contribution in [0, 0.1) is 6.92 Å². The van der Waals surface area contributed by atoms with Gasteiger partial charge in [-0.3, -0.25) is 0 Å². The van der Waals surface area contributed by atoms with Crippen molar-refractivity contribution in [2.45, 2.75) is 25.7 Å². The molecule has 0 spiro atoms. The lowest BCUT2D eigenvalue weighted by Crippen LogP contribution is -2.10. The molecular formula is C32H28. The van der Waals surface area contributed by atoms with Crippen LogP contribution >= 0.6 is 0 Å². The predicted molar refractivity (Wildman–Crippen MR) is 137 cm³/mol. The average Bonchev–Trinajstić information content (AvgIpc) is 2.85. The first-order valence-electron chi connectivity index (χ1n) is 11.4. The summed E-state index contributed by atoms with van der Waals surface area (Å²) in [6.45, 7) is 4.48. The highest BCUT2D eigenvalue weighted by molar-refractivity contribution is 5.83. The van der Waals surface area contributed by atoms with Gasteiger partial charge < -0.3 is 0 Å². The van der Waals surface area contributed by atoms with Crippen LogP contribution in [0.15, 0.2) is 121 Å². The van der Waals surface area contributed by atoms with Gasteiger partial charge in [0.1, 0.15) is 0 Å². The molecule has 0 saturated carbocycles. The molecule has 0 heterocycles. The molecule has 0 saturated heterocycles. The fourth-order valence-electron chi connectivity index (χ4n) is 4.75. The molecule has 0 amide bonds. The second kappa shape index (κ2) is 8.85. The second-order valence-electron chi connectivity index (χ2n) is 8.77. The van der Waals surface area contributed by atoms with Crippen molar-refractivity contribution in [3.63, 3.8) is 0 Å². The maximum absolute atomic E-state index is 2.37. The van der Waals surface area contributed by atoms with E-state index in [2.05, 4.69) is 135 Å². The van der Waals surface area contributed by atoms with Crippen LogP contribution in [-0.4, -0.2) is 0 Å². The fraction of sp³-hybridized carbons (Fsp3) is 0.125. The van der Waals surface area contributed by atoms with Gasteiger partial charge in [0.25, 0.3) is 0 Å². The molecule has 2 atom stereocenters. The Bertz CT molecular complexity index is 1310. The van der Waals surface area contributed by atoms with Gasteiger partial charge in [-0.15, -0.1) is 0 Å². The number of rotatable bonds is 5. The zero-order valence-electron chi connectivity index (χ0n) is 18.7. The van der Waals surface area contributed by atoms with Crippen molar-refractivity contribution in [1.29, 1.82) is 0 Å². The summed E-state index contributed by atoms with van der Waals surface area (Å²) in [5.41, 5.74) is 7.91. The maximum atomic E-state index is 2.37. The first kappa shape index (κ1) is 20.3. The van der Waals surface area contributed by atoms with Crippen molar-refractivity contribution in [3.8, 4) is 11.1 Å². The summed E-state index contributed by atoms with van der Waals surface area (Å²) in [6.07, 6.45) is 0. The van der Waals surface area contributed by atoms with Crippen molar-refractivity contribution in [2.75, 3.05) is 0 Å². The van der Waals surface area contributed by atoms with Gasteiger partial charge in [0.2, 0.25) is 0 Å². The molecule has 0 radical (unpaired) electrons. The van der Waals surface area contributed by atoms with Crippen LogP contribution in [0.25, 0.3) is 21.9 Å². The van der Waals surface area contributed by atoms with E-state index in [1.54, 1.807) is 0 Å². The van der Waals surface area contributed by atoms with Crippen LogP contribution in [0.5, 0.6) is 0 Å². The third-order valence-corrected chi connectivity index (χ3v) is 6.61. The maximum Gasteiger partial charge on any atom is 0.0156 e. The molecule has 2 unspecified atom stereocenters. The Morgan fingerprint density at radius 2 is 1.03 bits per heavy atom. The van der Waals surface area contributed by atoms with Crippen molar-refractivity contribution in [2.24, 2.45) is 0 Å². The first-order chi connectivity index (χ1) is 15.7. The van der Waals surface area contributed by atoms with Crippen molar-refractivity contribution < 1.29 is 0 Å². The Hall–Kier alpha value is -3.64. The van der Waals surface area contributed by atoms with Crippen LogP contribution in [0.3, 0.4) is 0 Å². The van der Waals surface area contributed by atoms with E-state index in [0.29, 0.717) is 11.8 Å². The number of aryl methyl sites for hydroxylation is 1. The Morgan fingerprint density at radius 1 is 0.469 bits per heavy atom. The molecule has 0 aliphatic heterocycles. The lowest BCUT2D eigenvalue weighted by Gasteiger charge is -2.26. The Labute approximate surface area is 191 Å². The minimum absolute atomic E-state index is 0.297. The summed E-state index contributed by atoms with van der Waals surface area (Å²) in [4.78, 5) is 0. The van der Waals surface area contributed by atoms with Gasteiger partial charge >= 0.3 is 0 Å². The molecule has 0 aliphatic rings. The number of hydrogen-bond acceptors (Lipinski definition) is 0.